The second-order valence-electron chi connectivity index (χ2n) is 4.59. The van der Waals surface area contributed by atoms with Crippen molar-refractivity contribution in [3.63, 3.8) is 0 Å². The zero-order chi connectivity index (χ0) is 13.0. The van der Waals surface area contributed by atoms with Crippen molar-refractivity contribution in [3.8, 4) is 0 Å². The molecule has 0 nitrogen and oxygen atoms in total. The van der Waals surface area contributed by atoms with E-state index in [1.54, 1.807) is 0 Å². The molecule has 0 saturated carbocycles. The Morgan fingerprint density at radius 1 is 1.06 bits per heavy atom. The van der Waals surface area contributed by atoms with Crippen LogP contribution in [-0.2, 0) is 6.42 Å². The molecule has 0 saturated heterocycles. The number of rotatable bonds is 3. The second-order valence-corrected chi connectivity index (χ2v) is 5.03. The fraction of sp³-hybridized carbons (Fsp3) is 0.176. The first-order chi connectivity index (χ1) is 8.65. The lowest BCUT2D eigenvalue weighted by atomic mass is 10.0. The van der Waals surface area contributed by atoms with Crippen molar-refractivity contribution < 1.29 is 0 Å². The Hall–Kier alpha value is -1.53. The van der Waals surface area contributed by atoms with E-state index in [-0.39, 0.29) is 0 Å². The Bertz CT molecular complexity index is 568. The van der Waals surface area contributed by atoms with E-state index < -0.39 is 0 Å². The minimum Gasteiger partial charge on any atom is -0.0843 e. The molecular formula is C17H17Cl. The zero-order valence-corrected chi connectivity index (χ0v) is 11.5. The molecule has 2 aromatic rings. The SMILES string of the molecule is Cc1ccc(C)c(C/C=C/c2cccc(Cl)c2)c1. The zero-order valence-electron chi connectivity index (χ0n) is 10.8. The molecule has 0 aliphatic rings. The maximum atomic E-state index is 5.95. The van der Waals surface area contributed by atoms with Crippen molar-refractivity contribution in [1.29, 1.82) is 0 Å². The molecule has 0 aromatic heterocycles. The van der Waals surface area contributed by atoms with Gasteiger partial charge in [-0.25, -0.2) is 0 Å². The van der Waals surface area contributed by atoms with Gasteiger partial charge >= 0.3 is 0 Å². The average Bonchev–Trinajstić information content (AvgIpc) is 2.34. The predicted octanol–water partition coefficient (Wildman–Crippen LogP) is 5.21. The lowest BCUT2D eigenvalue weighted by Gasteiger charge is -2.04. The number of aryl methyl sites for hydroxylation is 2. The number of hydrogen-bond donors (Lipinski definition) is 0. The van der Waals surface area contributed by atoms with Crippen LogP contribution in [0.15, 0.2) is 48.5 Å². The van der Waals surface area contributed by atoms with Gasteiger partial charge in [0, 0.05) is 5.02 Å². The lowest BCUT2D eigenvalue weighted by Crippen LogP contribution is -1.87. The molecule has 2 rings (SSSR count). The normalized spacial score (nSPS) is 11.1. The Balaban J connectivity index is 2.09. The van der Waals surface area contributed by atoms with Gasteiger partial charge < -0.3 is 0 Å². The molecule has 0 bridgehead atoms. The van der Waals surface area contributed by atoms with E-state index in [4.69, 9.17) is 11.6 Å². The van der Waals surface area contributed by atoms with E-state index in [0.717, 1.165) is 17.0 Å². The van der Waals surface area contributed by atoms with Crippen LogP contribution in [0.3, 0.4) is 0 Å². The molecule has 0 N–H and O–H groups in total. The number of allylic oxidation sites excluding steroid dienone is 1. The average molecular weight is 257 g/mol. The third-order valence-corrected chi connectivity index (χ3v) is 3.24. The predicted molar refractivity (Wildman–Crippen MR) is 80.1 cm³/mol. The van der Waals surface area contributed by atoms with Crippen molar-refractivity contribution in [1.82, 2.24) is 0 Å². The molecule has 0 aliphatic heterocycles. The Morgan fingerprint density at radius 3 is 2.67 bits per heavy atom. The van der Waals surface area contributed by atoms with Gasteiger partial charge in [-0.2, -0.15) is 0 Å². The first-order valence-electron chi connectivity index (χ1n) is 6.13. The number of halogens is 1. The van der Waals surface area contributed by atoms with Crippen LogP contribution in [0.1, 0.15) is 22.3 Å². The van der Waals surface area contributed by atoms with Crippen LogP contribution >= 0.6 is 11.6 Å². The summed E-state index contributed by atoms with van der Waals surface area (Å²) in [6.07, 6.45) is 5.26. The molecular weight excluding hydrogens is 240 g/mol. The molecule has 0 atom stereocenters. The summed E-state index contributed by atoms with van der Waals surface area (Å²) in [5, 5.41) is 0.781. The summed E-state index contributed by atoms with van der Waals surface area (Å²) < 4.78 is 0. The van der Waals surface area contributed by atoms with Crippen molar-refractivity contribution in [2.45, 2.75) is 20.3 Å². The standard InChI is InChI=1S/C17H17Cl/c1-13-9-10-14(2)16(11-13)7-3-5-15-6-4-8-17(18)12-15/h3-6,8-12H,7H2,1-2H3/b5-3+. The monoisotopic (exact) mass is 256 g/mol. The molecule has 1 heteroatoms. The van der Waals surface area contributed by atoms with E-state index in [9.17, 15) is 0 Å². The van der Waals surface area contributed by atoms with Crippen LogP contribution in [-0.4, -0.2) is 0 Å². The molecule has 0 amide bonds. The van der Waals surface area contributed by atoms with Crippen LogP contribution in [0.25, 0.3) is 6.08 Å². The van der Waals surface area contributed by atoms with Crippen LogP contribution in [0.2, 0.25) is 5.02 Å². The highest BCUT2D eigenvalue weighted by Gasteiger charge is 1.96. The molecule has 92 valence electrons. The Morgan fingerprint density at radius 2 is 1.89 bits per heavy atom. The van der Waals surface area contributed by atoms with E-state index >= 15 is 0 Å². The summed E-state index contributed by atoms with van der Waals surface area (Å²) in [6.45, 7) is 4.28. The highest BCUT2D eigenvalue weighted by Crippen LogP contribution is 2.14. The smallest absolute Gasteiger partial charge is 0.0411 e. The highest BCUT2D eigenvalue weighted by atomic mass is 35.5. The van der Waals surface area contributed by atoms with Gasteiger partial charge in [0.2, 0.25) is 0 Å². The fourth-order valence-corrected chi connectivity index (χ4v) is 2.15. The summed E-state index contributed by atoms with van der Waals surface area (Å²) in [5.74, 6) is 0. The summed E-state index contributed by atoms with van der Waals surface area (Å²) in [5.41, 5.74) is 5.18. The first-order valence-corrected chi connectivity index (χ1v) is 6.51. The van der Waals surface area contributed by atoms with Crippen molar-refractivity contribution in [3.05, 3.63) is 75.8 Å². The van der Waals surface area contributed by atoms with Gasteiger partial charge in [-0.15, -0.1) is 0 Å². The maximum absolute atomic E-state index is 5.95. The molecule has 0 radical (unpaired) electrons. The topological polar surface area (TPSA) is 0 Å². The Labute approximate surface area is 114 Å². The molecule has 0 aliphatic carbocycles. The van der Waals surface area contributed by atoms with Gasteiger partial charge in [0.1, 0.15) is 0 Å². The van der Waals surface area contributed by atoms with Crippen LogP contribution < -0.4 is 0 Å². The molecule has 0 fully saturated rings. The van der Waals surface area contributed by atoms with E-state index in [1.807, 2.05) is 18.2 Å². The highest BCUT2D eigenvalue weighted by molar-refractivity contribution is 6.30. The fourth-order valence-electron chi connectivity index (χ4n) is 1.95. The van der Waals surface area contributed by atoms with Crippen molar-refractivity contribution in [2.24, 2.45) is 0 Å². The van der Waals surface area contributed by atoms with Crippen molar-refractivity contribution in [2.75, 3.05) is 0 Å². The minimum absolute atomic E-state index is 0.781. The quantitative estimate of drug-likeness (QED) is 0.707. The van der Waals surface area contributed by atoms with Gasteiger partial charge in [0.15, 0.2) is 0 Å². The van der Waals surface area contributed by atoms with Gasteiger partial charge in [-0.05, 0) is 49.1 Å². The summed E-state index contributed by atoms with van der Waals surface area (Å²) >= 11 is 5.95. The van der Waals surface area contributed by atoms with Crippen molar-refractivity contribution >= 4 is 17.7 Å². The van der Waals surface area contributed by atoms with E-state index in [0.29, 0.717) is 0 Å². The lowest BCUT2D eigenvalue weighted by molar-refractivity contribution is 1.20. The minimum atomic E-state index is 0.781. The Kier molecular flexibility index (Phi) is 4.22. The summed E-state index contributed by atoms with van der Waals surface area (Å²) in [6, 6.07) is 14.5. The van der Waals surface area contributed by atoms with Gasteiger partial charge in [0.05, 0.1) is 0 Å². The van der Waals surface area contributed by atoms with Crippen LogP contribution in [0, 0.1) is 13.8 Å². The summed E-state index contributed by atoms with van der Waals surface area (Å²) in [7, 11) is 0. The molecule has 0 spiro atoms. The van der Waals surface area contributed by atoms with Gasteiger partial charge in [0.25, 0.3) is 0 Å². The largest absolute Gasteiger partial charge is 0.0843 e. The van der Waals surface area contributed by atoms with Gasteiger partial charge in [-0.1, -0.05) is 59.6 Å². The first kappa shape index (κ1) is 12.9. The molecule has 0 heterocycles. The third-order valence-electron chi connectivity index (χ3n) is 3.00. The van der Waals surface area contributed by atoms with E-state index in [2.05, 4.69) is 50.3 Å². The van der Waals surface area contributed by atoms with E-state index in [1.165, 1.54) is 16.7 Å². The molecule has 2 aromatic carbocycles. The van der Waals surface area contributed by atoms with Crippen LogP contribution in [0.5, 0.6) is 0 Å². The molecule has 18 heavy (non-hydrogen) atoms. The van der Waals surface area contributed by atoms with Crippen LogP contribution in [0.4, 0.5) is 0 Å². The van der Waals surface area contributed by atoms with Gasteiger partial charge in [-0.3, -0.25) is 0 Å². The number of benzene rings is 2. The molecule has 0 unspecified atom stereocenters. The third kappa shape index (κ3) is 3.48. The maximum Gasteiger partial charge on any atom is 0.0411 e. The second kappa shape index (κ2) is 5.88. The summed E-state index contributed by atoms with van der Waals surface area (Å²) in [4.78, 5) is 0. The number of hydrogen-bond acceptors (Lipinski definition) is 0.